The molecule has 0 bridgehead atoms. The van der Waals surface area contributed by atoms with E-state index < -0.39 is 11.8 Å². The van der Waals surface area contributed by atoms with Gasteiger partial charge < -0.3 is 14.4 Å². The van der Waals surface area contributed by atoms with Gasteiger partial charge in [-0.3, -0.25) is 14.2 Å². The van der Waals surface area contributed by atoms with E-state index in [1.165, 1.54) is 41.0 Å². The fourth-order valence-corrected chi connectivity index (χ4v) is 4.34. The number of halogens is 2. The third-order valence-corrected chi connectivity index (χ3v) is 6.35. The average molecular weight is 546 g/mol. The Morgan fingerprint density at radius 1 is 0.925 bits per heavy atom. The molecule has 2 aromatic heterocycles. The smallest absolute Gasteiger partial charge is 0.303 e. The van der Waals surface area contributed by atoms with Crippen LogP contribution in [0.2, 0.25) is 0 Å². The highest BCUT2D eigenvalue weighted by atomic mass is 19.1. The van der Waals surface area contributed by atoms with Crippen molar-refractivity contribution < 1.29 is 27.9 Å². The summed E-state index contributed by atoms with van der Waals surface area (Å²) in [6, 6.07) is 18.5. The summed E-state index contributed by atoms with van der Waals surface area (Å²) >= 11 is 0. The zero-order valence-electron chi connectivity index (χ0n) is 21.3. The lowest BCUT2D eigenvalue weighted by Gasteiger charge is -2.14. The lowest BCUT2D eigenvalue weighted by molar-refractivity contribution is -0.137. The minimum atomic E-state index is -0.889. The summed E-state index contributed by atoms with van der Waals surface area (Å²) in [6.45, 7) is 0.449. The average Bonchev–Trinajstić information content (AvgIpc) is 3.42. The second-order valence-electron chi connectivity index (χ2n) is 9.28. The van der Waals surface area contributed by atoms with Gasteiger partial charge >= 0.3 is 5.97 Å². The molecule has 0 saturated carbocycles. The first-order chi connectivity index (χ1) is 19.4. The van der Waals surface area contributed by atoms with Crippen LogP contribution in [0.15, 0.2) is 82.1 Å². The highest BCUT2D eigenvalue weighted by molar-refractivity contribution is 5.83. The van der Waals surface area contributed by atoms with Crippen LogP contribution in [0.4, 0.5) is 8.78 Å². The first-order valence-electron chi connectivity index (χ1n) is 12.7. The van der Waals surface area contributed by atoms with Gasteiger partial charge in [-0.05, 0) is 66.9 Å². The Bertz CT molecular complexity index is 1700. The topological polar surface area (TPSA) is 107 Å². The van der Waals surface area contributed by atoms with Gasteiger partial charge in [-0.2, -0.15) is 0 Å². The summed E-state index contributed by atoms with van der Waals surface area (Å²) in [7, 11) is 0. The molecule has 5 aromatic rings. The largest absolute Gasteiger partial charge is 0.481 e. The summed E-state index contributed by atoms with van der Waals surface area (Å²) in [5, 5.41) is 13.5. The van der Waals surface area contributed by atoms with Gasteiger partial charge in [0.15, 0.2) is 5.76 Å². The van der Waals surface area contributed by atoms with Crippen molar-refractivity contribution in [1.82, 2.24) is 14.7 Å². The minimum absolute atomic E-state index is 0.0145. The molecule has 8 nitrogen and oxygen atoms in total. The van der Waals surface area contributed by atoms with Gasteiger partial charge in [0, 0.05) is 24.5 Å². The van der Waals surface area contributed by atoms with Crippen molar-refractivity contribution in [2.75, 3.05) is 0 Å². The van der Waals surface area contributed by atoms with Gasteiger partial charge in [-0.1, -0.05) is 23.4 Å². The normalized spacial score (nSPS) is 11.2. The van der Waals surface area contributed by atoms with Crippen molar-refractivity contribution in [3.05, 3.63) is 112 Å². The molecule has 0 spiro atoms. The third kappa shape index (κ3) is 6.29. The molecule has 1 N–H and O–H groups in total. The van der Waals surface area contributed by atoms with Crippen LogP contribution in [-0.2, 0) is 29.2 Å². The molecule has 10 heteroatoms. The van der Waals surface area contributed by atoms with Gasteiger partial charge in [0.1, 0.15) is 29.8 Å². The second kappa shape index (κ2) is 12.0. The number of benzene rings is 3. The molecular weight excluding hydrogens is 520 g/mol. The fraction of sp³-hybridized carbons (Fsp3) is 0.200. The maximum absolute atomic E-state index is 13.6. The summed E-state index contributed by atoms with van der Waals surface area (Å²) < 4.78 is 39.1. The monoisotopic (exact) mass is 545 g/mol. The van der Waals surface area contributed by atoms with Crippen molar-refractivity contribution in [3.8, 4) is 16.9 Å². The molecule has 0 saturated heterocycles. The van der Waals surface area contributed by atoms with Crippen LogP contribution in [0.1, 0.15) is 36.4 Å². The van der Waals surface area contributed by atoms with E-state index in [1.807, 2.05) is 0 Å². The Morgan fingerprint density at radius 3 is 2.38 bits per heavy atom. The number of rotatable bonds is 11. The number of hydrogen-bond acceptors (Lipinski definition) is 6. The Kier molecular flexibility index (Phi) is 8.07. The van der Waals surface area contributed by atoms with Crippen LogP contribution in [-0.4, -0.2) is 25.8 Å². The zero-order valence-corrected chi connectivity index (χ0v) is 21.3. The molecule has 0 aliphatic heterocycles. The standard InChI is InChI=1S/C30H25F2N3O5/c31-21-8-5-19(6-9-21)17-39-18-24-16-26(34-40-24)20-7-14-25-27(15-20)33-28(3-1-2-4-29(36)37)35(30(25)38)23-12-10-22(32)11-13-23/h5-16H,1-4,17-18H2,(H,36,37). The molecule has 5 rings (SSSR count). The second-order valence-corrected chi connectivity index (χ2v) is 9.28. The molecule has 40 heavy (non-hydrogen) atoms. The molecule has 0 fully saturated rings. The summed E-state index contributed by atoms with van der Waals surface area (Å²) in [6.07, 6.45) is 1.31. The fourth-order valence-electron chi connectivity index (χ4n) is 4.34. The zero-order chi connectivity index (χ0) is 28.1. The van der Waals surface area contributed by atoms with Gasteiger partial charge in [0.25, 0.3) is 5.56 Å². The Balaban J connectivity index is 1.40. The van der Waals surface area contributed by atoms with E-state index in [9.17, 15) is 18.4 Å². The number of carboxylic acids is 1. The molecule has 2 heterocycles. The number of ether oxygens (including phenoxy) is 1. The van der Waals surface area contributed by atoms with E-state index in [0.717, 1.165) is 5.56 Å². The van der Waals surface area contributed by atoms with Crippen molar-refractivity contribution in [3.63, 3.8) is 0 Å². The van der Waals surface area contributed by atoms with Crippen molar-refractivity contribution in [1.29, 1.82) is 0 Å². The van der Waals surface area contributed by atoms with Crippen molar-refractivity contribution in [2.45, 2.75) is 38.9 Å². The number of carbonyl (C=O) groups is 1. The molecule has 3 aromatic carbocycles. The number of carboxylic acid groups (broad SMARTS) is 1. The maximum atomic E-state index is 13.6. The Hall–Kier alpha value is -4.70. The Morgan fingerprint density at radius 2 is 1.65 bits per heavy atom. The predicted octanol–water partition coefficient (Wildman–Crippen LogP) is 5.83. The van der Waals surface area contributed by atoms with Crippen LogP contribution in [0.25, 0.3) is 27.8 Å². The number of unbranched alkanes of at least 4 members (excludes halogenated alkanes) is 1. The predicted molar refractivity (Wildman–Crippen MR) is 143 cm³/mol. The number of fused-ring (bicyclic) bond motifs is 1. The first-order valence-corrected chi connectivity index (χ1v) is 12.7. The SMILES string of the molecule is O=C(O)CCCCc1nc2cc(-c3cc(COCc4ccc(F)cc4)on3)ccc2c(=O)n1-c1ccc(F)cc1. The molecule has 0 aliphatic carbocycles. The molecule has 0 atom stereocenters. The lowest BCUT2D eigenvalue weighted by atomic mass is 10.1. The van der Waals surface area contributed by atoms with Crippen molar-refractivity contribution in [2.24, 2.45) is 0 Å². The quantitative estimate of drug-likeness (QED) is 0.208. The summed E-state index contributed by atoms with van der Waals surface area (Å²) in [5.74, 6) is -0.684. The molecule has 204 valence electrons. The van der Waals surface area contributed by atoms with E-state index in [1.54, 1.807) is 36.4 Å². The van der Waals surface area contributed by atoms with Crippen LogP contribution < -0.4 is 5.56 Å². The van der Waals surface area contributed by atoms with E-state index >= 15 is 0 Å². The van der Waals surface area contributed by atoms with Gasteiger partial charge in [-0.25, -0.2) is 13.8 Å². The highest BCUT2D eigenvalue weighted by Crippen LogP contribution is 2.24. The number of nitrogens with zero attached hydrogens (tertiary/aromatic N) is 3. The van der Waals surface area contributed by atoms with Crippen molar-refractivity contribution >= 4 is 16.9 Å². The molecule has 0 amide bonds. The number of aryl methyl sites for hydroxylation is 1. The van der Waals surface area contributed by atoms with Crippen LogP contribution in [0.3, 0.4) is 0 Å². The number of aliphatic carboxylic acids is 1. The number of hydrogen-bond donors (Lipinski definition) is 1. The molecular formula is C30H25F2N3O5. The lowest BCUT2D eigenvalue weighted by Crippen LogP contribution is -2.24. The molecule has 0 unspecified atom stereocenters. The number of aromatic nitrogens is 3. The van der Waals surface area contributed by atoms with Crippen LogP contribution in [0, 0.1) is 11.6 Å². The maximum Gasteiger partial charge on any atom is 0.303 e. The van der Waals surface area contributed by atoms with Gasteiger partial charge in [-0.15, -0.1) is 0 Å². The summed E-state index contributed by atoms with van der Waals surface area (Å²) in [5.41, 5.74) is 2.66. The minimum Gasteiger partial charge on any atom is -0.481 e. The van der Waals surface area contributed by atoms with Crippen LogP contribution >= 0.6 is 0 Å². The first kappa shape index (κ1) is 26.9. The van der Waals surface area contributed by atoms with E-state index in [4.69, 9.17) is 19.4 Å². The van der Waals surface area contributed by atoms with E-state index in [-0.39, 0.29) is 31.0 Å². The highest BCUT2D eigenvalue weighted by Gasteiger charge is 2.15. The summed E-state index contributed by atoms with van der Waals surface area (Å²) in [4.78, 5) is 29.2. The molecule has 0 aliphatic rings. The van der Waals surface area contributed by atoms with Gasteiger partial charge in [0.2, 0.25) is 0 Å². The third-order valence-electron chi connectivity index (χ3n) is 6.35. The van der Waals surface area contributed by atoms with Gasteiger partial charge in [0.05, 0.1) is 23.2 Å². The van der Waals surface area contributed by atoms with Crippen LogP contribution in [0.5, 0.6) is 0 Å². The Labute approximate surface area is 227 Å². The van der Waals surface area contributed by atoms with E-state index in [0.29, 0.717) is 58.7 Å². The van der Waals surface area contributed by atoms with E-state index in [2.05, 4.69) is 5.16 Å². The molecule has 0 radical (unpaired) electrons.